The smallest absolute Gasteiger partial charge is 0.0252 e. The summed E-state index contributed by atoms with van der Waals surface area (Å²) in [5.74, 6) is 1.13. The molecule has 2 nitrogen and oxygen atoms in total. The highest BCUT2D eigenvalue weighted by Crippen LogP contribution is 2.17. The maximum atomic E-state index is 3.56. The number of hydrogen-bond donors (Lipinski definition) is 2. The molecule has 0 unspecified atom stereocenters. The average molecular weight is 252 g/mol. The molecule has 0 saturated carbocycles. The molecule has 0 atom stereocenters. The number of benzene rings is 1. The first kappa shape index (κ1) is 14.6. The lowest BCUT2D eigenvalue weighted by Crippen LogP contribution is -2.46. The summed E-state index contributed by atoms with van der Waals surface area (Å²) in [6.45, 7) is 8.50. The van der Waals surface area contributed by atoms with Crippen LogP contribution >= 0.6 is 11.8 Å². The van der Waals surface area contributed by atoms with Crippen molar-refractivity contribution in [3.8, 4) is 0 Å². The van der Waals surface area contributed by atoms with Gasteiger partial charge in [0.05, 0.1) is 0 Å². The van der Waals surface area contributed by atoms with E-state index in [-0.39, 0.29) is 5.54 Å². The molecule has 0 aromatic heterocycles. The molecule has 0 aliphatic rings. The first-order chi connectivity index (χ1) is 8.07. The van der Waals surface area contributed by atoms with Crippen molar-refractivity contribution >= 4 is 11.8 Å². The van der Waals surface area contributed by atoms with Crippen molar-refractivity contribution in [2.45, 2.75) is 37.8 Å². The van der Waals surface area contributed by atoms with Gasteiger partial charge in [-0.2, -0.15) is 0 Å². The maximum Gasteiger partial charge on any atom is 0.0252 e. The molecule has 0 aliphatic carbocycles. The predicted molar refractivity (Wildman–Crippen MR) is 77.7 cm³/mol. The van der Waals surface area contributed by atoms with Gasteiger partial charge in [0.2, 0.25) is 0 Å². The molecule has 0 heterocycles. The average Bonchev–Trinajstić information content (AvgIpc) is 2.29. The van der Waals surface area contributed by atoms with E-state index in [2.05, 4.69) is 55.7 Å². The molecule has 0 fully saturated rings. The summed E-state index contributed by atoms with van der Waals surface area (Å²) >= 11 is 1.89. The second-order valence-corrected chi connectivity index (χ2v) is 6.18. The van der Waals surface area contributed by atoms with Crippen LogP contribution in [0.15, 0.2) is 29.2 Å². The molecule has 0 aliphatic heterocycles. The largest absolute Gasteiger partial charge is 0.318 e. The van der Waals surface area contributed by atoms with Gasteiger partial charge in [-0.3, -0.25) is 0 Å². The van der Waals surface area contributed by atoms with Crippen LogP contribution in [0.2, 0.25) is 0 Å². The Morgan fingerprint density at radius 3 is 2.35 bits per heavy atom. The quantitative estimate of drug-likeness (QED) is 0.730. The Bertz CT molecular complexity index is 319. The summed E-state index contributed by atoms with van der Waals surface area (Å²) in [7, 11) is 1.99. The van der Waals surface area contributed by atoms with E-state index in [9.17, 15) is 0 Å². The molecular formula is C14H24N2S. The normalized spacial score (nSPS) is 11.8. The summed E-state index contributed by atoms with van der Waals surface area (Å²) in [6.07, 6.45) is 0. The van der Waals surface area contributed by atoms with Gasteiger partial charge >= 0.3 is 0 Å². The molecule has 3 heteroatoms. The first-order valence-electron chi connectivity index (χ1n) is 6.19. The molecule has 96 valence electrons. The van der Waals surface area contributed by atoms with E-state index in [0.717, 1.165) is 18.8 Å². The monoisotopic (exact) mass is 252 g/mol. The molecule has 1 aromatic carbocycles. The standard InChI is InChI=1S/C14H24N2S/c1-5-17-13-8-6-12(7-9-13)10-16-14(2,3)11-15-4/h6-9,15-16H,5,10-11H2,1-4H3. The minimum atomic E-state index is 0.131. The Kier molecular flexibility index (Phi) is 6.03. The lowest BCUT2D eigenvalue weighted by atomic mass is 10.1. The Labute approximate surface area is 110 Å². The van der Waals surface area contributed by atoms with Crippen LogP contribution in [0.1, 0.15) is 26.3 Å². The molecule has 17 heavy (non-hydrogen) atoms. The van der Waals surface area contributed by atoms with Crippen molar-refractivity contribution in [3.05, 3.63) is 29.8 Å². The molecule has 1 aromatic rings. The third kappa shape index (κ3) is 5.57. The highest BCUT2D eigenvalue weighted by atomic mass is 32.2. The van der Waals surface area contributed by atoms with Crippen LogP contribution in [0.3, 0.4) is 0 Å². The Morgan fingerprint density at radius 2 is 1.82 bits per heavy atom. The number of nitrogens with one attached hydrogen (secondary N) is 2. The van der Waals surface area contributed by atoms with E-state index in [1.54, 1.807) is 0 Å². The minimum Gasteiger partial charge on any atom is -0.318 e. The van der Waals surface area contributed by atoms with Gasteiger partial charge < -0.3 is 10.6 Å². The van der Waals surface area contributed by atoms with Crippen LogP contribution in [-0.2, 0) is 6.54 Å². The molecular weight excluding hydrogens is 228 g/mol. The van der Waals surface area contributed by atoms with Gasteiger partial charge in [0.1, 0.15) is 0 Å². The van der Waals surface area contributed by atoms with Gasteiger partial charge in [-0.25, -0.2) is 0 Å². The van der Waals surface area contributed by atoms with E-state index < -0.39 is 0 Å². The fourth-order valence-electron chi connectivity index (χ4n) is 1.72. The van der Waals surface area contributed by atoms with Gasteiger partial charge in [-0.1, -0.05) is 19.1 Å². The number of hydrogen-bond acceptors (Lipinski definition) is 3. The Hall–Kier alpha value is -0.510. The fourth-order valence-corrected chi connectivity index (χ4v) is 2.38. The van der Waals surface area contributed by atoms with Crippen molar-refractivity contribution in [3.63, 3.8) is 0 Å². The van der Waals surface area contributed by atoms with Crippen LogP contribution in [-0.4, -0.2) is 24.9 Å². The van der Waals surface area contributed by atoms with Crippen LogP contribution in [0, 0.1) is 0 Å². The van der Waals surface area contributed by atoms with Gasteiger partial charge in [0.15, 0.2) is 0 Å². The Morgan fingerprint density at radius 1 is 1.18 bits per heavy atom. The zero-order valence-electron chi connectivity index (χ0n) is 11.3. The summed E-state index contributed by atoms with van der Waals surface area (Å²) < 4.78 is 0. The van der Waals surface area contributed by atoms with Crippen molar-refractivity contribution in [2.24, 2.45) is 0 Å². The van der Waals surface area contributed by atoms with E-state index in [1.807, 2.05) is 18.8 Å². The minimum absolute atomic E-state index is 0.131. The topological polar surface area (TPSA) is 24.1 Å². The van der Waals surface area contributed by atoms with Crippen molar-refractivity contribution in [1.82, 2.24) is 10.6 Å². The van der Waals surface area contributed by atoms with E-state index >= 15 is 0 Å². The van der Waals surface area contributed by atoms with Crippen LogP contribution in [0.25, 0.3) is 0 Å². The molecule has 0 amide bonds. The van der Waals surface area contributed by atoms with E-state index in [1.165, 1.54) is 10.5 Å². The number of thioether (sulfide) groups is 1. The molecule has 1 rings (SSSR count). The van der Waals surface area contributed by atoms with Gasteiger partial charge in [0.25, 0.3) is 0 Å². The van der Waals surface area contributed by atoms with Gasteiger partial charge in [-0.05, 0) is 44.3 Å². The fraction of sp³-hybridized carbons (Fsp3) is 0.571. The van der Waals surface area contributed by atoms with Crippen molar-refractivity contribution < 1.29 is 0 Å². The lowest BCUT2D eigenvalue weighted by molar-refractivity contribution is 0.374. The third-order valence-electron chi connectivity index (χ3n) is 2.62. The predicted octanol–water partition coefficient (Wildman–Crippen LogP) is 2.89. The summed E-state index contributed by atoms with van der Waals surface area (Å²) in [6, 6.07) is 8.83. The summed E-state index contributed by atoms with van der Waals surface area (Å²) in [4.78, 5) is 1.35. The molecule has 2 N–H and O–H groups in total. The molecule has 0 bridgehead atoms. The molecule has 0 saturated heterocycles. The number of rotatable bonds is 7. The maximum absolute atomic E-state index is 3.56. The zero-order valence-corrected chi connectivity index (χ0v) is 12.2. The molecule has 0 radical (unpaired) electrons. The first-order valence-corrected chi connectivity index (χ1v) is 7.17. The highest BCUT2D eigenvalue weighted by Gasteiger charge is 2.14. The zero-order chi connectivity index (χ0) is 12.7. The van der Waals surface area contributed by atoms with Crippen LogP contribution in [0.5, 0.6) is 0 Å². The number of likely N-dealkylation sites (N-methyl/N-ethyl adjacent to an activating group) is 1. The third-order valence-corrected chi connectivity index (χ3v) is 3.52. The second kappa shape index (κ2) is 7.04. The summed E-state index contributed by atoms with van der Waals surface area (Å²) in [5, 5.41) is 6.76. The lowest BCUT2D eigenvalue weighted by Gasteiger charge is -2.26. The van der Waals surface area contributed by atoms with Crippen molar-refractivity contribution in [2.75, 3.05) is 19.3 Å². The van der Waals surface area contributed by atoms with Crippen molar-refractivity contribution in [1.29, 1.82) is 0 Å². The highest BCUT2D eigenvalue weighted by molar-refractivity contribution is 7.99. The van der Waals surface area contributed by atoms with Crippen LogP contribution < -0.4 is 10.6 Å². The van der Waals surface area contributed by atoms with E-state index in [4.69, 9.17) is 0 Å². The van der Waals surface area contributed by atoms with E-state index in [0.29, 0.717) is 0 Å². The second-order valence-electron chi connectivity index (χ2n) is 4.84. The summed E-state index contributed by atoms with van der Waals surface area (Å²) in [5.41, 5.74) is 1.47. The van der Waals surface area contributed by atoms with Gasteiger partial charge in [-0.15, -0.1) is 11.8 Å². The van der Waals surface area contributed by atoms with Crippen LogP contribution in [0.4, 0.5) is 0 Å². The molecule has 0 spiro atoms. The van der Waals surface area contributed by atoms with Gasteiger partial charge in [0, 0.05) is 23.5 Å². The SMILES string of the molecule is CCSc1ccc(CNC(C)(C)CNC)cc1. The Balaban J connectivity index is 2.46.